The molecule has 0 aromatic carbocycles. The fourth-order valence-corrected chi connectivity index (χ4v) is 2.73. The molecule has 22 heavy (non-hydrogen) atoms. The van der Waals surface area contributed by atoms with Crippen molar-refractivity contribution in [3.8, 4) is 0 Å². The molecule has 2 rings (SSSR count). The summed E-state index contributed by atoms with van der Waals surface area (Å²) in [7, 11) is 0. The van der Waals surface area contributed by atoms with Crippen molar-refractivity contribution < 1.29 is 14.1 Å². The van der Waals surface area contributed by atoms with E-state index < -0.39 is 6.04 Å². The first-order valence-electron chi connectivity index (χ1n) is 7.72. The summed E-state index contributed by atoms with van der Waals surface area (Å²) in [5.41, 5.74) is 1.67. The number of aryl methyl sites for hydroxylation is 1. The number of anilines is 1. The van der Waals surface area contributed by atoms with Gasteiger partial charge in [0.25, 0.3) is 0 Å². The quantitative estimate of drug-likeness (QED) is 0.850. The lowest BCUT2D eigenvalue weighted by Gasteiger charge is -2.37. The first-order valence-corrected chi connectivity index (χ1v) is 7.72. The third-order valence-corrected chi connectivity index (χ3v) is 4.02. The molecular weight excluding hydrogens is 284 g/mol. The number of rotatable bonds is 5. The summed E-state index contributed by atoms with van der Waals surface area (Å²) in [4.78, 5) is 26.3. The minimum Gasteiger partial charge on any atom is -0.353 e. The van der Waals surface area contributed by atoms with E-state index in [2.05, 4.69) is 15.8 Å². The van der Waals surface area contributed by atoms with Crippen molar-refractivity contribution in [1.82, 2.24) is 15.4 Å². The predicted octanol–water partition coefficient (Wildman–Crippen LogP) is 1.08. The Bertz CT molecular complexity index is 553. The van der Waals surface area contributed by atoms with Crippen molar-refractivity contribution in [2.45, 2.75) is 52.6 Å². The highest BCUT2D eigenvalue weighted by Gasteiger charge is 2.33. The molecule has 2 heterocycles. The summed E-state index contributed by atoms with van der Waals surface area (Å²) in [5.74, 6) is 0.0300. The van der Waals surface area contributed by atoms with Gasteiger partial charge in [0, 0.05) is 24.7 Å². The Morgan fingerprint density at radius 3 is 2.86 bits per heavy atom. The molecule has 1 aliphatic rings. The number of carbonyl (C=O) groups excluding carboxylic acids is 2. The molecule has 0 radical (unpaired) electrons. The smallest absolute Gasteiger partial charge is 0.237 e. The second-order valence-corrected chi connectivity index (χ2v) is 5.83. The molecule has 7 nitrogen and oxygen atoms in total. The lowest BCUT2D eigenvalue weighted by Crippen LogP contribution is -2.58. The van der Waals surface area contributed by atoms with E-state index in [0.717, 1.165) is 24.2 Å². The van der Waals surface area contributed by atoms with Gasteiger partial charge < -0.3 is 9.84 Å². The van der Waals surface area contributed by atoms with Crippen LogP contribution in [0.5, 0.6) is 0 Å². The molecule has 0 saturated carbocycles. The van der Waals surface area contributed by atoms with Gasteiger partial charge in [0.05, 0.1) is 18.2 Å². The van der Waals surface area contributed by atoms with Gasteiger partial charge in [0.1, 0.15) is 0 Å². The number of piperazine rings is 1. The van der Waals surface area contributed by atoms with Crippen molar-refractivity contribution in [3.63, 3.8) is 0 Å². The van der Waals surface area contributed by atoms with Crippen molar-refractivity contribution in [2.75, 3.05) is 18.4 Å². The van der Waals surface area contributed by atoms with Crippen LogP contribution in [0.3, 0.4) is 0 Å². The highest BCUT2D eigenvalue weighted by molar-refractivity contribution is 5.95. The molecule has 1 aliphatic heterocycles. The SMILES string of the molecule is CCc1noc(NC(=O)CC2C(=O)NCCN2C(C)C)c1C. The number of nitrogens with one attached hydrogen (secondary N) is 2. The van der Waals surface area contributed by atoms with E-state index in [0.29, 0.717) is 12.4 Å². The van der Waals surface area contributed by atoms with Gasteiger partial charge in [-0.15, -0.1) is 0 Å². The summed E-state index contributed by atoms with van der Waals surface area (Å²) in [6, 6.07) is -0.231. The Balaban J connectivity index is 2.03. The maximum atomic E-state index is 12.2. The normalized spacial score (nSPS) is 19.3. The van der Waals surface area contributed by atoms with E-state index in [1.54, 1.807) is 0 Å². The number of amides is 2. The summed E-state index contributed by atoms with van der Waals surface area (Å²) in [5, 5.41) is 9.44. The predicted molar refractivity (Wildman–Crippen MR) is 82.5 cm³/mol. The molecule has 1 aromatic heterocycles. The standard InChI is InChI=1S/C15H24N4O3/c1-5-11-10(4)15(22-18-11)17-13(20)8-12-14(21)16-6-7-19(12)9(2)3/h9,12H,5-8H2,1-4H3,(H,16,21)(H,17,20). The van der Waals surface area contributed by atoms with E-state index in [4.69, 9.17) is 4.52 Å². The minimum absolute atomic E-state index is 0.0985. The molecule has 1 fully saturated rings. The summed E-state index contributed by atoms with van der Waals surface area (Å²) >= 11 is 0. The van der Waals surface area contributed by atoms with Gasteiger partial charge >= 0.3 is 0 Å². The Kier molecular flexibility index (Phi) is 5.18. The number of aromatic nitrogens is 1. The molecule has 1 unspecified atom stereocenters. The zero-order valence-electron chi connectivity index (χ0n) is 13.6. The molecule has 122 valence electrons. The molecule has 1 aromatic rings. The molecule has 2 N–H and O–H groups in total. The minimum atomic E-state index is -0.442. The molecular formula is C15H24N4O3. The fourth-order valence-electron chi connectivity index (χ4n) is 2.73. The van der Waals surface area contributed by atoms with Crippen molar-refractivity contribution in [3.05, 3.63) is 11.3 Å². The van der Waals surface area contributed by atoms with Crippen molar-refractivity contribution in [1.29, 1.82) is 0 Å². The zero-order chi connectivity index (χ0) is 16.3. The Labute approximate surface area is 130 Å². The summed E-state index contributed by atoms with van der Waals surface area (Å²) < 4.78 is 5.15. The van der Waals surface area contributed by atoms with Gasteiger partial charge in [0.2, 0.25) is 17.7 Å². The van der Waals surface area contributed by atoms with E-state index in [1.165, 1.54) is 0 Å². The third-order valence-electron chi connectivity index (χ3n) is 4.02. The maximum Gasteiger partial charge on any atom is 0.237 e. The van der Waals surface area contributed by atoms with Gasteiger partial charge in [-0.3, -0.25) is 19.8 Å². The van der Waals surface area contributed by atoms with Gasteiger partial charge in [-0.1, -0.05) is 12.1 Å². The summed E-state index contributed by atoms with van der Waals surface area (Å²) in [6.07, 6.45) is 0.850. The fraction of sp³-hybridized carbons (Fsp3) is 0.667. The second kappa shape index (κ2) is 6.91. The van der Waals surface area contributed by atoms with Crippen LogP contribution in [-0.2, 0) is 16.0 Å². The molecule has 2 amide bonds. The average Bonchev–Trinajstić information content (AvgIpc) is 2.81. The summed E-state index contributed by atoms with van der Waals surface area (Å²) in [6.45, 7) is 9.26. The maximum absolute atomic E-state index is 12.2. The van der Waals surface area contributed by atoms with Crippen LogP contribution >= 0.6 is 0 Å². The Morgan fingerprint density at radius 2 is 2.27 bits per heavy atom. The first-order chi connectivity index (χ1) is 10.4. The number of hydrogen-bond acceptors (Lipinski definition) is 5. The van der Waals surface area contributed by atoms with Gasteiger partial charge in [0.15, 0.2) is 0 Å². The van der Waals surface area contributed by atoms with Crippen LogP contribution in [0.25, 0.3) is 0 Å². The van der Waals surface area contributed by atoms with Crippen LogP contribution in [0.4, 0.5) is 5.88 Å². The van der Waals surface area contributed by atoms with Crippen LogP contribution in [0.1, 0.15) is 38.4 Å². The Morgan fingerprint density at radius 1 is 1.55 bits per heavy atom. The highest BCUT2D eigenvalue weighted by atomic mass is 16.5. The first kappa shape index (κ1) is 16.5. The van der Waals surface area contributed by atoms with Crippen LogP contribution in [0.2, 0.25) is 0 Å². The van der Waals surface area contributed by atoms with Crippen LogP contribution in [-0.4, -0.2) is 47.0 Å². The second-order valence-electron chi connectivity index (χ2n) is 5.83. The van der Waals surface area contributed by atoms with Gasteiger partial charge in [-0.05, 0) is 27.2 Å². The third kappa shape index (κ3) is 3.47. The average molecular weight is 308 g/mol. The molecule has 0 spiro atoms. The number of nitrogens with zero attached hydrogens (tertiary/aromatic N) is 2. The monoisotopic (exact) mass is 308 g/mol. The van der Waals surface area contributed by atoms with E-state index >= 15 is 0 Å². The van der Waals surface area contributed by atoms with Crippen molar-refractivity contribution in [2.24, 2.45) is 0 Å². The topological polar surface area (TPSA) is 87.5 Å². The highest BCUT2D eigenvalue weighted by Crippen LogP contribution is 2.20. The number of carbonyl (C=O) groups is 2. The van der Waals surface area contributed by atoms with Gasteiger partial charge in [-0.2, -0.15) is 0 Å². The van der Waals surface area contributed by atoms with Crippen molar-refractivity contribution >= 4 is 17.7 Å². The number of hydrogen-bond donors (Lipinski definition) is 2. The Hall–Kier alpha value is -1.89. The van der Waals surface area contributed by atoms with Crippen LogP contribution in [0.15, 0.2) is 4.52 Å². The van der Waals surface area contributed by atoms with Crippen LogP contribution in [0, 0.1) is 6.92 Å². The van der Waals surface area contributed by atoms with E-state index in [9.17, 15) is 9.59 Å². The molecule has 1 atom stereocenters. The molecule has 0 bridgehead atoms. The molecule has 1 saturated heterocycles. The molecule has 7 heteroatoms. The zero-order valence-corrected chi connectivity index (χ0v) is 13.6. The lowest BCUT2D eigenvalue weighted by molar-refractivity contribution is -0.133. The lowest BCUT2D eigenvalue weighted by atomic mass is 10.1. The van der Waals surface area contributed by atoms with Gasteiger partial charge in [-0.25, -0.2) is 0 Å². The largest absolute Gasteiger partial charge is 0.353 e. The van der Waals surface area contributed by atoms with Crippen LogP contribution < -0.4 is 10.6 Å². The van der Waals surface area contributed by atoms with E-state index in [1.807, 2.05) is 32.6 Å². The van der Waals surface area contributed by atoms with E-state index in [-0.39, 0.29) is 24.3 Å². The molecule has 0 aliphatic carbocycles.